The normalized spacial score (nSPS) is 38.5. The maximum absolute atomic E-state index is 5.19. The molecular formula is C64H112N4Si4Ti. The molecule has 0 amide bonds. The van der Waals surface area contributed by atoms with Crippen LogP contribution in [0, 0.1) is 21.7 Å². The zero-order valence-electron chi connectivity index (χ0n) is 51.8. The van der Waals surface area contributed by atoms with Gasteiger partial charge < -0.3 is 21.3 Å². The van der Waals surface area contributed by atoms with Crippen LogP contribution in [0.2, 0.25) is 72.5 Å². The van der Waals surface area contributed by atoms with Crippen LogP contribution >= 0.6 is 0 Å². The monoisotopic (exact) mass is 1100 g/mol. The van der Waals surface area contributed by atoms with Gasteiger partial charge >= 0.3 is 21.7 Å². The molecule has 73 heavy (non-hydrogen) atoms. The summed E-state index contributed by atoms with van der Waals surface area (Å²) < 4.78 is 0. The van der Waals surface area contributed by atoms with E-state index in [9.17, 15) is 0 Å². The Morgan fingerprint density at radius 3 is 0.507 bits per heavy atom. The Morgan fingerprint density at radius 2 is 0.397 bits per heavy atom. The third-order valence-corrected chi connectivity index (χ3v) is 39.6. The van der Waals surface area contributed by atoms with Gasteiger partial charge in [0.2, 0.25) is 0 Å². The number of nitrogens with zero attached hydrogens (tertiary/aromatic N) is 4. The van der Waals surface area contributed by atoms with Crippen LogP contribution in [0.15, 0.2) is 97.2 Å². The Morgan fingerprint density at radius 1 is 0.260 bits per heavy atom. The predicted octanol–water partition coefficient (Wildman–Crippen LogP) is 18.7. The van der Waals surface area contributed by atoms with Crippen molar-refractivity contribution in [1.29, 1.82) is 0 Å². The van der Waals surface area contributed by atoms with Gasteiger partial charge in [-0.15, -0.1) is 22.2 Å². The number of hydrogen-bond donors (Lipinski definition) is 0. The Hall–Kier alpha value is -0.658. The standard InChI is InChI=1S/4C16H28NSi.Ti/c4*1-14(2)15(3,17-13-9-7-8-10-13)11-12-16(14,4)18(5)6;/h4*7-10,13,18H,11-12H2,1-6H3;/q4*-1;+4. The number of hydrogen-bond acceptors (Lipinski definition) is 0. The fraction of sp³-hybridized carbons (Fsp3) is 0.750. The largest absolute Gasteiger partial charge is 4.00 e. The van der Waals surface area contributed by atoms with E-state index in [4.69, 9.17) is 21.3 Å². The fourth-order valence-corrected chi connectivity index (χ4v) is 25.2. The van der Waals surface area contributed by atoms with Crippen molar-refractivity contribution in [2.24, 2.45) is 21.7 Å². The molecule has 0 aliphatic heterocycles. The van der Waals surface area contributed by atoms with Crippen LogP contribution in [0.4, 0.5) is 0 Å². The van der Waals surface area contributed by atoms with Crippen LogP contribution in [0.5, 0.6) is 0 Å². The van der Waals surface area contributed by atoms with Gasteiger partial charge in [-0.2, -0.15) is 0 Å². The Kier molecular flexibility index (Phi) is 20.6. The summed E-state index contributed by atoms with van der Waals surface area (Å²) in [7, 11) is -2.75. The molecule has 8 atom stereocenters. The third kappa shape index (κ3) is 11.7. The van der Waals surface area contributed by atoms with Gasteiger partial charge in [0.15, 0.2) is 0 Å². The Bertz CT molecular complexity index is 1790. The molecule has 8 aliphatic carbocycles. The first-order valence-corrected chi connectivity index (χ1v) is 40.7. The van der Waals surface area contributed by atoms with Gasteiger partial charge in [0.1, 0.15) is 0 Å². The molecule has 8 aliphatic rings. The molecule has 0 aromatic carbocycles. The van der Waals surface area contributed by atoms with Gasteiger partial charge in [0.25, 0.3) is 0 Å². The molecule has 8 rings (SSSR count). The molecule has 0 heterocycles. The van der Waals surface area contributed by atoms with Crippen LogP contribution in [-0.2, 0) is 21.7 Å². The van der Waals surface area contributed by atoms with E-state index in [1.165, 1.54) is 51.4 Å². The maximum atomic E-state index is 5.19. The molecule has 4 fully saturated rings. The van der Waals surface area contributed by atoms with Gasteiger partial charge in [-0.1, -0.05) is 336 Å². The van der Waals surface area contributed by atoms with Gasteiger partial charge in [0.05, 0.1) is 0 Å². The van der Waals surface area contributed by atoms with E-state index in [2.05, 4.69) is 260 Å². The molecule has 4 saturated carbocycles. The van der Waals surface area contributed by atoms with Crippen molar-refractivity contribution in [1.82, 2.24) is 0 Å². The first-order valence-electron chi connectivity index (χ1n) is 29.2. The van der Waals surface area contributed by atoms with Crippen molar-refractivity contribution in [2.75, 3.05) is 0 Å². The summed E-state index contributed by atoms with van der Waals surface area (Å²) in [6.45, 7) is 59.3. The minimum absolute atomic E-state index is 0. The van der Waals surface area contributed by atoms with E-state index in [0.717, 1.165) is 0 Å². The van der Waals surface area contributed by atoms with Gasteiger partial charge in [-0.25, -0.2) is 0 Å². The van der Waals surface area contributed by atoms with E-state index in [1.807, 2.05) is 0 Å². The van der Waals surface area contributed by atoms with Crippen molar-refractivity contribution in [2.45, 2.75) is 281 Å². The van der Waals surface area contributed by atoms with Gasteiger partial charge in [0, 0.05) is 35.2 Å². The van der Waals surface area contributed by atoms with Crippen molar-refractivity contribution in [3.05, 3.63) is 118 Å². The zero-order chi connectivity index (χ0) is 54.4. The van der Waals surface area contributed by atoms with Crippen LogP contribution < -0.4 is 0 Å². The molecule has 8 unspecified atom stereocenters. The van der Waals surface area contributed by atoms with Crippen LogP contribution in [0.1, 0.15) is 162 Å². The minimum atomic E-state index is -0.689. The summed E-state index contributed by atoms with van der Waals surface area (Å²) in [5, 5.41) is 22.8. The summed E-state index contributed by atoms with van der Waals surface area (Å²) in [6.07, 6.45) is 45.1. The van der Waals surface area contributed by atoms with Crippen molar-refractivity contribution in [3.8, 4) is 0 Å². The zero-order valence-corrected chi connectivity index (χ0v) is 58.0. The second-order valence-electron chi connectivity index (χ2n) is 29.4. The second-order valence-corrected chi connectivity index (χ2v) is 43.8. The first-order chi connectivity index (χ1) is 32.9. The van der Waals surface area contributed by atoms with E-state index in [0.29, 0.717) is 66.0 Å². The molecule has 0 radical (unpaired) electrons. The molecule has 0 aromatic heterocycles. The smallest absolute Gasteiger partial charge is 0.647 e. The summed E-state index contributed by atoms with van der Waals surface area (Å²) in [5.41, 5.74) is 1.75. The van der Waals surface area contributed by atoms with E-state index in [1.54, 1.807) is 0 Å². The van der Waals surface area contributed by atoms with E-state index < -0.39 is 35.2 Å². The average molecular weight is 1100 g/mol. The van der Waals surface area contributed by atoms with Crippen molar-refractivity contribution in [3.63, 3.8) is 0 Å². The fourth-order valence-electron chi connectivity index (χ4n) is 15.3. The topological polar surface area (TPSA) is 56.4 Å². The number of allylic oxidation sites excluding steroid dienone is 8. The molecule has 408 valence electrons. The molecule has 0 bridgehead atoms. The molecule has 0 N–H and O–H groups in total. The van der Waals surface area contributed by atoms with Crippen molar-refractivity contribution >= 4 is 35.2 Å². The predicted molar refractivity (Wildman–Crippen MR) is 336 cm³/mol. The SMILES string of the molecule is C[SiH](C)C1(C)CCC(C)([N-]C2C=CC=C2)C1(C)C.C[SiH](C)C1(C)CCC(C)([N-]C2C=CC=C2)C1(C)C.C[SiH](C)C1(C)CCC(C)([N-]C2C=CC=C2)C1(C)C.C[SiH](C)C1(C)CCC(C)([N-]C2C=CC=C2)C1(C)C.[Ti+4]. The molecule has 0 saturated heterocycles. The molecule has 0 aromatic rings. The summed E-state index contributed by atoms with van der Waals surface area (Å²) in [5.74, 6) is 0. The van der Waals surface area contributed by atoms with E-state index in [-0.39, 0.29) is 43.9 Å². The summed E-state index contributed by atoms with van der Waals surface area (Å²) in [6, 6.07) is 1.24. The van der Waals surface area contributed by atoms with E-state index >= 15 is 0 Å². The first kappa shape index (κ1) is 64.9. The molecular weight excluding hydrogens is 985 g/mol. The maximum Gasteiger partial charge on any atom is 4.00 e. The van der Waals surface area contributed by atoms with Crippen LogP contribution in [0.3, 0.4) is 0 Å². The second kappa shape index (κ2) is 23.2. The molecule has 9 heteroatoms. The van der Waals surface area contributed by atoms with Gasteiger partial charge in [-0.05, 0) is 41.8 Å². The summed E-state index contributed by atoms with van der Waals surface area (Å²) >= 11 is 0. The molecule has 0 spiro atoms. The minimum Gasteiger partial charge on any atom is -0.647 e. The Labute approximate surface area is 474 Å². The average Bonchev–Trinajstić information content (AvgIpc) is 4.18. The Balaban J connectivity index is 0.000000210. The molecule has 4 nitrogen and oxygen atoms in total. The summed E-state index contributed by atoms with van der Waals surface area (Å²) in [4.78, 5) is 0. The van der Waals surface area contributed by atoms with Crippen molar-refractivity contribution < 1.29 is 21.7 Å². The number of rotatable bonds is 12. The van der Waals surface area contributed by atoms with Crippen LogP contribution in [-0.4, -0.2) is 81.5 Å². The third-order valence-electron chi connectivity index (χ3n) is 25.4. The van der Waals surface area contributed by atoms with Gasteiger partial charge in [-0.3, -0.25) is 0 Å². The van der Waals surface area contributed by atoms with Crippen LogP contribution in [0.25, 0.3) is 21.3 Å². The quantitative estimate of drug-likeness (QED) is 0.175.